The van der Waals surface area contributed by atoms with E-state index in [0.29, 0.717) is 36.8 Å². The Morgan fingerprint density at radius 2 is 2.43 bits per heavy atom. The molecule has 6 nitrogen and oxygen atoms in total. The second-order valence-corrected chi connectivity index (χ2v) is 5.67. The molecular formula is C14H15N3O3S. The van der Waals surface area contributed by atoms with E-state index < -0.39 is 6.10 Å². The normalized spacial score (nSPS) is 18.7. The third kappa shape index (κ3) is 3.03. The number of carbonyl (C=O) groups is 1. The topological polar surface area (TPSA) is 75.3 Å². The van der Waals surface area contributed by atoms with Crippen LogP contribution in [0.2, 0.25) is 0 Å². The van der Waals surface area contributed by atoms with Crippen molar-refractivity contribution in [3.63, 3.8) is 0 Å². The summed E-state index contributed by atoms with van der Waals surface area (Å²) in [6, 6.07) is 3.24. The summed E-state index contributed by atoms with van der Waals surface area (Å²) in [5.74, 6) is 0.461. The maximum Gasteiger partial charge on any atom is 0.254 e. The first-order valence-corrected chi connectivity index (χ1v) is 7.59. The number of amides is 1. The molecule has 3 rings (SSSR count). The van der Waals surface area contributed by atoms with Gasteiger partial charge in [0.2, 0.25) is 0 Å². The molecule has 21 heavy (non-hydrogen) atoms. The summed E-state index contributed by atoms with van der Waals surface area (Å²) in [5.41, 5.74) is 1.12. The molecule has 0 aliphatic carbocycles. The van der Waals surface area contributed by atoms with Crippen LogP contribution in [0.15, 0.2) is 27.7 Å². The molecule has 1 atom stereocenters. The van der Waals surface area contributed by atoms with E-state index in [4.69, 9.17) is 4.74 Å². The zero-order valence-electron chi connectivity index (χ0n) is 11.5. The summed E-state index contributed by atoms with van der Waals surface area (Å²) in [7, 11) is 0. The van der Waals surface area contributed by atoms with Crippen molar-refractivity contribution in [2.24, 2.45) is 0 Å². The number of ether oxygens (including phenoxy) is 1. The van der Waals surface area contributed by atoms with Crippen LogP contribution >= 0.6 is 11.3 Å². The van der Waals surface area contributed by atoms with Gasteiger partial charge in [-0.1, -0.05) is 0 Å². The lowest BCUT2D eigenvalue weighted by Crippen LogP contribution is -2.42. The van der Waals surface area contributed by atoms with Gasteiger partial charge in [0.15, 0.2) is 0 Å². The SMILES string of the molecule is Cc1cc(=O)[nH]c(C2CN(C(=O)c3ccsc3)CCO2)n1. The molecule has 3 heterocycles. The minimum atomic E-state index is -0.395. The van der Waals surface area contributed by atoms with Crippen molar-refractivity contribution < 1.29 is 9.53 Å². The Kier molecular flexibility index (Phi) is 3.85. The second-order valence-electron chi connectivity index (χ2n) is 4.89. The summed E-state index contributed by atoms with van der Waals surface area (Å²) in [4.78, 5) is 32.6. The van der Waals surface area contributed by atoms with E-state index >= 15 is 0 Å². The Labute approximate surface area is 125 Å². The molecule has 1 aliphatic rings. The van der Waals surface area contributed by atoms with Crippen LogP contribution in [0.5, 0.6) is 0 Å². The highest BCUT2D eigenvalue weighted by molar-refractivity contribution is 7.08. The fraction of sp³-hybridized carbons (Fsp3) is 0.357. The van der Waals surface area contributed by atoms with Crippen molar-refractivity contribution in [3.8, 4) is 0 Å². The molecule has 0 saturated carbocycles. The largest absolute Gasteiger partial charge is 0.367 e. The third-order valence-electron chi connectivity index (χ3n) is 3.31. The van der Waals surface area contributed by atoms with Gasteiger partial charge in [-0.05, 0) is 18.4 Å². The second kappa shape index (κ2) is 5.79. The summed E-state index contributed by atoms with van der Waals surface area (Å²) in [5, 5.41) is 3.71. The number of aryl methyl sites for hydroxylation is 1. The fourth-order valence-corrected chi connectivity index (χ4v) is 2.95. The van der Waals surface area contributed by atoms with E-state index in [-0.39, 0.29) is 11.5 Å². The standard InChI is InChI=1S/C14H15N3O3S/c1-9-6-12(18)16-13(15-9)11-7-17(3-4-20-11)14(19)10-2-5-21-8-10/h2,5-6,8,11H,3-4,7H2,1H3,(H,15,16,18). The van der Waals surface area contributed by atoms with Crippen LogP contribution < -0.4 is 5.56 Å². The number of hydrogen-bond donors (Lipinski definition) is 1. The van der Waals surface area contributed by atoms with Crippen LogP contribution in [0.1, 0.15) is 28.0 Å². The molecule has 1 amide bonds. The number of morpholine rings is 1. The van der Waals surface area contributed by atoms with Gasteiger partial charge in [-0.2, -0.15) is 11.3 Å². The Morgan fingerprint density at radius 1 is 1.57 bits per heavy atom. The fourth-order valence-electron chi connectivity index (χ4n) is 2.32. The molecule has 1 unspecified atom stereocenters. The molecule has 1 fully saturated rings. The highest BCUT2D eigenvalue weighted by Crippen LogP contribution is 2.20. The van der Waals surface area contributed by atoms with E-state index in [1.165, 1.54) is 17.4 Å². The van der Waals surface area contributed by atoms with Gasteiger partial charge in [-0.3, -0.25) is 9.59 Å². The molecule has 0 aromatic carbocycles. The Bertz CT molecular complexity index is 696. The number of H-pyrrole nitrogens is 1. The predicted molar refractivity (Wildman–Crippen MR) is 78.5 cm³/mol. The van der Waals surface area contributed by atoms with Crippen molar-refractivity contribution in [2.45, 2.75) is 13.0 Å². The first-order valence-electron chi connectivity index (χ1n) is 6.64. The first kappa shape index (κ1) is 14.0. The Balaban J connectivity index is 1.79. The van der Waals surface area contributed by atoms with Gasteiger partial charge < -0.3 is 14.6 Å². The van der Waals surface area contributed by atoms with Crippen LogP contribution in [0, 0.1) is 6.92 Å². The molecule has 0 radical (unpaired) electrons. The number of aromatic nitrogens is 2. The smallest absolute Gasteiger partial charge is 0.254 e. The maximum absolute atomic E-state index is 12.4. The lowest BCUT2D eigenvalue weighted by molar-refractivity contribution is -0.0269. The van der Waals surface area contributed by atoms with Crippen molar-refractivity contribution in [2.75, 3.05) is 19.7 Å². The van der Waals surface area contributed by atoms with Crippen LogP contribution in [-0.4, -0.2) is 40.5 Å². The summed E-state index contributed by atoms with van der Waals surface area (Å²) >= 11 is 1.49. The molecule has 0 spiro atoms. The Hall–Kier alpha value is -1.99. The minimum absolute atomic E-state index is 0.0143. The zero-order chi connectivity index (χ0) is 14.8. The molecular weight excluding hydrogens is 290 g/mol. The number of hydrogen-bond acceptors (Lipinski definition) is 5. The number of nitrogens with zero attached hydrogens (tertiary/aromatic N) is 2. The molecule has 2 aromatic heterocycles. The number of aromatic amines is 1. The summed E-state index contributed by atoms with van der Waals surface area (Å²) in [6.07, 6.45) is -0.395. The van der Waals surface area contributed by atoms with Gasteiger partial charge in [0, 0.05) is 23.7 Å². The summed E-state index contributed by atoms with van der Waals surface area (Å²) < 4.78 is 5.65. The molecule has 2 aromatic rings. The highest BCUT2D eigenvalue weighted by Gasteiger charge is 2.27. The predicted octanol–water partition coefficient (Wildman–Crippen LogP) is 1.35. The van der Waals surface area contributed by atoms with Crippen LogP contribution in [-0.2, 0) is 4.74 Å². The number of rotatable bonds is 2. The van der Waals surface area contributed by atoms with Gasteiger partial charge in [-0.25, -0.2) is 4.98 Å². The maximum atomic E-state index is 12.4. The van der Waals surface area contributed by atoms with Crippen LogP contribution in [0.25, 0.3) is 0 Å². The van der Waals surface area contributed by atoms with Gasteiger partial charge >= 0.3 is 0 Å². The molecule has 7 heteroatoms. The van der Waals surface area contributed by atoms with E-state index in [9.17, 15) is 9.59 Å². The lowest BCUT2D eigenvalue weighted by Gasteiger charge is -2.32. The molecule has 1 saturated heterocycles. The van der Waals surface area contributed by atoms with Crippen molar-refractivity contribution >= 4 is 17.2 Å². The number of nitrogens with one attached hydrogen (secondary N) is 1. The molecule has 1 N–H and O–H groups in total. The van der Waals surface area contributed by atoms with Gasteiger partial charge in [0.05, 0.1) is 18.7 Å². The summed E-state index contributed by atoms with van der Waals surface area (Å²) in [6.45, 7) is 3.12. The van der Waals surface area contributed by atoms with Crippen LogP contribution in [0.4, 0.5) is 0 Å². The number of thiophene rings is 1. The average molecular weight is 305 g/mol. The van der Waals surface area contributed by atoms with Crippen molar-refractivity contribution in [1.29, 1.82) is 0 Å². The van der Waals surface area contributed by atoms with Gasteiger partial charge in [-0.15, -0.1) is 0 Å². The van der Waals surface area contributed by atoms with Crippen molar-refractivity contribution in [1.82, 2.24) is 14.9 Å². The van der Waals surface area contributed by atoms with Crippen LogP contribution in [0.3, 0.4) is 0 Å². The third-order valence-corrected chi connectivity index (χ3v) is 4.00. The lowest BCUT2D eigenvalue weighted by atomic mass is 10.2. The minimum Gasteiger partial charge on any atom is -0.367 e. The molecule has 0 bridgehead atoms. The zero-order valence-corrected chi connectivity index (χ0v) is 12.4. The average Bonchev–Trinajstić information content (AvgIpc) is 3.00. The first-order chi connectivity index (χ1) is 10.1. The van der Waals surface area contributed by atoms with E-state index in [1.54, 1.807) is 11.8 Å². The van der Waals surface area contributed by atoms with E-state index in [2.05, 4.69) is 9.97 Å². The number of carbonyl (C=O) groups excluding carboxylic acids is 1. The Morgan fingerprint density at radius 3 is 3.14 bits per heavy atom. The monoisotopic (exact) mass is 305 g/mol. The quantitative estimate of drug-likeness (QED) is 0.909. The molecule has 110 valence electrons. The van der Waals surface area contributed by atoms with Gasteiger partial charge in [0.1, 0.15) is 11.9 Å². The van der Waals surface area contributed by atoms with E-state index in [0.717, 1.165) is 0 Å². The highest BCUT2D eigenvalue weighted by atomic mass is 32.1. The van der Waals surface area contributed by atoms with E-state index in [1.807, 2.05) is 16.8 Å². The van der Waals surface area contributed by atoms with Crippen molar-refractivity contribution in [3.05, 3.63) is 50.3 Å². The molecule has 1 aliphatic heterocycles. The van der Waals surface area contributed by atoms with Gasteiger partial charge in [0.25, 0.3) is 11.5 Å².